The Bertz CT molecular complexity index is 1110. The van der Waals surface area contributed by atoms with Crippen LogP contribution >= 0.6 is 11.6 Å². The van der Waals surface area contributed by atoms with E-state index >= 15 is 0 Å². The Kier molecular flexibility index (Phi) is 4.06. The van der Waals surface area contributed by atoms with E-state index in [1.54, 1.807) is 18.5 Å². The molecule has 0 amide bonds. The number of fused-ring (bicyclic) bond motifs is 1. The molecule has 0 aliphatic heterocycles. The van der Waals surface area contributed by atoms with Gasteiger partial charge in [0, 0.05) is 5.69 Å². The van der Waals surface area contributed by atoms with Crippen molar-refractivity contribution in [1.29, 1.82) is 0 Å². The first-order valence-corrected chi connectivity index (χ1v) is 8.18. The summed E-state index contributed by atoms with van der Waals surface area (Å²) in [6.45, 7) is 1.89. The Morgan fingerprint density at radius 1 is 1.12 bits per heavy atom. The minimum absolute atomic E-state index is 0.163. The van der Waals surface area contributed by atoms with E-state index in [1.165, 1.54) is 0 Å². The van der Waals surface area contributed by atoms with Crippen LogP contribution in [0.25, 0.3) is 16.9 Å². The van der Waals surface area contributed by atoms with Crippen LogP contribution in [0.3, 0.4) is 0 Å². The number of hydrogen-bond acceptors (Lipinski definition) is 6. The van der Waals surface area contributed by atoms with E-state index in [1.807, 2.05) is 41.8 Å². The molecule has 3 heterocycles. The summed E-state index contributed by atoms with van der Waals surface area (Å²) in [6, 6.07) is 12.9. The summed E-state index contributed by atoms with van der Waals surface area (Å²) >= 11 is 6.03. The highest BCUT2D eigenvalue weighted by atomic mass is 35.5. The lowest BCUT2D eigenvalue weighted by atomic mass is 10.2. The lowest BCUT2D eigenvalue weighted by Crippen LogP contribution is -1.98. The number of aldehydes is 1. The second-order valence-electron chi connectivity index (χ2n) is 5.67. The molecule has 1 N–H and O–H groups in total. The van der Waals surface area contributed by atoms with E-state index in [0.29, 0.717) is 23.5 Å². The standard InChI is InChI=1S/C18H13ClN6O/c1-11-2-6-16(24-23-11)21-13-4-5-15-14(8-13)20-10-25(15)17-7-3-12(9-26)18(19)22-17/h2-10H,1H3,(H,21,24). The number of nitrogens with zero attached hydrogens (tertiary/aromatic N) is 5. The Hall–Kier alpha value is -3.32. The molecule has 0 atom stereocenters. The predicted octanol–water partition coefficient (Wildman–Crippen LogP) is 3.73. The third-order valence-corrected chi connectivity index (χ3v) is 4.16. The van der Waals surface area contributed by atoms with Gasteiger partial charge in [0.2, 0.25) is 0 Å². The first-order valence-electron chi connectivity index (χ1n) is 7.80. The average molecular weight is 365 g/mol. The van der Waals surface area contributed by atoms with E-state index < -0.39 is 0 Å². The fourth-order valence-electron chi connectivity index (χ4n) is 2.54. The molecule has 8 heteroatoms. The maximum Gasteiger partial charge on any atom is 0.153 e. The topological polar surface area (TPSA) is 85.6 Å². The zero-order chi connectivity index (χ0) is 18.1. The van der Waals surface area contributed by atoms with Gasteiger partial charge in [-0.3, -0.25) is 9.36 Å². The quantitative estimate of drug-likeness (QED) is 0.438. The normalized spacial score (nSPS) is 10.8. The Balaban J connectivity index is 1.68. The first-order chi connectivity index (χ1) is 12.6. The van der Waals surface area contributed by atoms with E-state index in [4.69, 9.17) is 11.6 Å². The van der Waals surface area contributed by atoms with Gasteiger partial charge >= 0.3 is 0 Å². The molecule has 0 radical (unpaired) electrons. The zero-order valence-corrected chi connectivity index (χ0v) is 14.5. The summed E-state index contributed by atoms with van der Waals surface area (Å²) in [5.41, 5.74) is 3.71. The fraction of sp³-hybridized carbons (Fsp3) is 0.0556. The number of imidazole rings is 1. The summed E-state index contributed by atoms with van der Waals surface area (Å²) < 4.78 is 1.81. The lowest BCUT2D eigenvalue weighted by Gasteiger charge is -2.07. The van der Waals surface area contributed by atoms with Crippen molar-refractivity contribution < 1.29 is 4.79 Å². The molecule has 0 saturated heterocycles. The molecule has 4 aromatic rings. The maximum absolute atomic E-state index is 10.9. The molecular formula is C18H13ClN6O. The number of aryl methyl sites for hydroxylation is 1. The van der Waals surface area contributed by atoms with Gasteiger partial charge in [0.15, 0.2) is 12.1 Å². The smallest absolute Gasteiger partial charge is 0.153 e. The van der Waals surface area contributed by atoms with Crippen molar-refractivity contribution in [2.75, 3.05) is 5.32 Å². The number of anilines is 2. The van der Waals surface area contributed by atoms with Gasteiger partial charge in [-0.2, -0.15) is 5.10 Å². The van der Waals surface area contributed by atoms with Crippen LogP contribution in [0, 0.1) is 6.92 Å². The summed E-state index contributed by atoms with van der Waals surface area (Å²) in [6.07, 6.45) is 2.34. The zero-order valence-electron chi connectivity index (χ0n) is 13.7. The van der Waals surface area contributed by atoms with Crippen molar-refractivity contribution in [3.8, 4) is 5.82 Å². The van der Waals surface area contributed by atoms with Crippen LogP contribution in [0.2, 0.25) is 5.15 Å². The number of benzene rings is 1. The molecule has 3 aromatic heterocycles. The molecule has 0 unspecified atom stereocenters. The number of carbonyl (C=O) groups excluding carboxylic acids is 1. The van der Waals surface area contributed by atoms with Crippen LogP contribution in [-0.4, -0.2) is 31.0 Å². The molecule has 0 saturated carbocycles. The van der Waals surface area contributed by atoms with Gasteiger partial charge in [0.05, 0.1) is 22.3 Å². The molecule has 0 aliphatic rings. The minimum Gasteiger partial charge on any atom is -0.339 e. The molecular weight excluding hydrogens is 352 g/mol. The molecule has 0 fully saturated rings. The van der Waals surface area contributed by atoms with Crippen molar-refractivity contribution in [3.05, 3.63) is 65.2 Å². The van der Waals surface area contributed by atoms with Crippen LogP contribution < -0.4 is 5.32 Å². The number of rotatable bonds is 4. The van der Waals surface area contributed by atoms with Crippen molar-refractivity contribution in [2.45, 2.75) is 6.92 Å². The number of carbonyl (C=O) groups is 1. The van der Waals surface area contributed by atoms with Crippen molar-refractivity contribution >= 4 is 40.4 Å². The fourth-order valence-corrected chi connectivity index (χ4v) is 2.74. The Labute approximate surface area is 153 Å². The summed E-state index contributed by atoms with van der Waals surface area (Å²) in [5, 5.41) is 11.5. The molecule has 1 aromatic carbocycles. The lowest BCUT2D eigenvalue weighted by molar-refractivity contribution is 0.112. The number of halogens is 1. The number of hydrogen-bond donors (Lipinski definition) is 1. The summed E-state index contributed by atoms with van der Waals surface area (Å²) in [7, 11) is 0. The molecule has 0 aliphatic carbocycles. The molecule has 128 valence electrons. The number of nitrogens with one attached hydrogen (secondary N) is 1. The van der Waals surface area contributed by atoms with E-state index in [2.05, 4.69) is 25.5 Å². The maximum atomic E-state index is 10.9. The Morgan fingerprint density at radius 2 is 2.00 bits per heavy atom. The van der Waals surface area contributed by atoms with Crippen molar-refractivity contribution in [1.82, 2.24) is 24.7 Å². The highest BCUT2D eigenvalue weighted by Gasteiger charge is 2.09. The van der Waals surface area contributed by atoms with E-state index in [-0.39, 0.29) is 5.15 Å². The first kappa shape index (κ1) is 16.2. The van der Waals surface area contributed by atoms with Crippen LogP contribution in [0.4, 0.5) is 11.5 Å². The second kappa shape index (κ2) is 6.53. The Morgan fingerprint density at radius 3 is 2.73 bits per heavy atom. The van der Waals surface area contributed by atoms with Gasteiger partial charge in [-0.05, 0) is 49.4 Å². The van der Waals surface area contributed by atoms with E-state index in [9.17, 15) is 4.79 Å². The van der Waals surface area contributed by atoms with Crippen molar-refractivity contribution in [3.63, 3.8) is 0 Å². The third-order valence-electron chi connectivity index (χ3n) is 3.85. The molecule has 0 spiro atoms. The predicted molar refractivity (Wildman–Crippen MR) is 99.3 cm³/mol. The average Bonchev–Trinajstić information content (AvgIpc) is 3.07. The van der Waals surface area contributed by atoms with Crippen LogP contribution in [0.5, 0.6) is 0 Å². The monoisotopic (exact) mass is 364 g/mol. The van der Waals surface area contributed by atoms with Crippen LogP contribution in [0.1, 0.15) is 16.1 Å². The van der Waals surface area contributed by atoms with Gasteiger partial charge in [-0.1, -0.05) is 11.6 Å². The van der Waals surface area contributed by atoms with Gasteiger partial charge < -0.3 is 5.32 Å². The highest BCUT2D eigenvalue weighted by Crippen LogP contribution is 2.23. The number of pyridine rings is 1. The number of aromatic nitrogens is 5. The van der Waals surface area contributed by atoms with Gasteiger partial charge in [-0.25, -0.2) is 9.97 Å². The third kappa shape index (κ3) is 3.00. The molecule has 26 heavy (non-hydrogen) atoms. The molecule has 7 nitrogen and oxygen atoms in total. The van der Waals surface area contributed by atoms with Gasteiger partial charge in [0.25, 0.3) is 0 Å². The highest BCUT2D eigenvalue weighted by molar-refractivity contribution is 6.31. The van der Waals surface area contributed by atoms with Crippen LogP contribution in [-0.2, 0) is 0 Å². The van der Waals surface area contributed by atoms with Gasteiger partial charge in [0.1, 0.15) is 17.3 Å². The summed E-state index contributed by atoms with van der Waals surface area (Å²) in [5.74, 6) is 1.25. The van der Waals surface area contributed by atoms with Crippen LogP contribution in [0.15, 0.2) is 48.8 Å². The minimum atomic E-state index is 0.163. The van der Waals surface area contributed by atoms with E-state index in [0.717, 1.165) is 22.4 Å². The van der Waals surface area contributed by atoms with Crippen molar-refractivity contribution in [2.24, 2.45) is 0 Å². The SMILES string of the molecule is Cc1ccc(Nc2ccc3c(c2)ncn3-c2ccc(C=O)c(Cl)n2)nn1. The summed E-state index contributed by atoms with van der Waals surface area (Å²) in [4.78, 5) is 19.6. The van der Waals surface area contributed by atoms with Gasteiger partial charge in [-0.15, -0.1) is 5.10 Å². The molecule has 0 bridgehead atoms. The largest absolute Gasteiger partial charge is 0.339 e. The molecule has 4 rings (SSSR count). The second-order valence-corrected chi connectivity index (χ2v) is 6.03.